The number of hydrogen-bond acceptors (Lipinski definition) is 3. The summed E-state index contributed by atoms with van der Waals surface area (Å²) in [4.78, 5) is 18.1. The topological polar surface area (TPSA) is 50.5 Å². The standard InChI is InChI=1S/C14H15F3N4O/c1-8-5-11(21-12(18-8)6-9(2)19-21)13(22)20-4-3-10(7-20)14(15,16)17/h5-6,10H,3-4,7H2,1-2H3/t10-/m0/s1. The summed E-state index contributed by atoms with van der Waals surface area (Å²) in [5, 5.41) is 4.20. The molecular formula is C14H15F3N4O. The smallest absolute Gasteiger partial charge is 0.337 e. The molecule has 22 heavy (non-hydrogen) atoms. The Balaban J connectivity index is 1.93. The average Bonchev–Trinajstić information content (AvgIpc) is 3.01. The SMILES string of the molecule is Cc1cc(C(=O)N2CC[C@H](C(F)(F)F)C2)n2nc(C)cc2n1. The molecule has 0 unspecified atom stereocenters. The van der Waals surface area contributed by atoms with Gasteiger partial charge in [-0.1, -0.05) is 0 Å². The average molecular weight is 312 g/mol. The number of hydrogen-bond donors (Lipinski definition) is 0. The number of fused-ring (bicyclic) bond motifs is 1. The lowest BCUT2D eigenvalue weighted by Crippen LogP contribution is -2.33. The highest BCUT2D eigenvalue weighted by Gasteiger charge is 2.45. The lowest BCUT2D eigenvalue weighted by Gasteiger charge is -2.18. The summed E-state index contributed by atoms with van der Waals surface area (Å²) in [5.74, 6) is -1.89. The Hall–Kier alpha value is -2.12. The molecule has 0 saturated carbocycles. The van der Waals surface area contributed by atoms with Gasteiger partial charge in [-0.25, -0.2) is 9.50 Å². The van der Waals surface area contributed by atoms with Crippen molar-refractivity contribution in [3.05, 3.63) is 29.2 Å². The first-order chi connectivity index (χ1) is 10.3. The number of carbonyl (C=O) groups excluding carboxylic acids is 1. The van der Waals surface area contributed by atoms with Crippen LogP contribution >= 0.6 is 0 Å². The van der Waals surface area contributed by atoms with Gasteiger partial charge in [0.05, 0.1) is 11.6 Å². The Bertz CT molecular complexity index is 737. The Morgan fingerprint density at radius 2 is 2.00 bits per heavy atom. The maximum Gasteiger partial charge on any atom is 0.393 e. The zero-order valence-electron chi connectivity index (χ0n) is 12.2. The van der Waals surface area contributed by atoms with Gasteiger partial charge in [-0.15, -0.1) is 0 Å². The van der Waals surface area contributed by atoms with Crippen molar-refractivity contribution in [3.8, 4) is 0 Å². The molecule has 2 aromatic rings. The third-order valence-corrected chi connectivity index (χ3v) is 3.83. The Morgan fingerprint density at radius 1 is 1.27 bits per heavy atom. The van der Waals surface area contributed by atoms with E-state index in [0.717, 1.165) is 0 Å². The summed E-state index contributed by atoms with van der Waals surface area (Å²) in [7, 11) is 0. The maximum atomic E-state index is 12.8. The third kappa shape index (κ3) is 2.53. The van der Waals surface area contributed by atoms with E-state index < -0.39 is 18.0 Å². The molecule has 1 saturated heterocycles. The third-order valence-electron chi connectivity index (χ3n) is 3.83. The number of amides is 1. The van der Waals surface area contributed by atoms with Crippen molar-refractivity contribution >= 4 is 11.6 Å². The largest absolute Gasteiger partial charge is 0.393 e. The first-order valence-electron chi connectivity index (χ1n) is 6.96. The molecule has 118 valence electrons. The van der Waals surface area contributed by atoms with Crippen LogP contribution in [0.2, 0.25) is 0 Å². The van der Waals surface area contributed by atoms with E-state index in [-0.39, 0.29) is 25.2 Å². The zero-order chi connectivity index (χ0) is 16.1. The number of aryl methyl sites for hydroxylation is 2. The van der Waals surface area contributed by atoms with Crippen molar-refractivity contribution in [3.63, 3.8) is 0 Å². The number of alkyl halides is 3. The van der Waals surface area contributed by atoms with Crippen molar-refractivity contribution in [1.82, 2.24) is 19.5 Å². The molecule has 1 fully saturated rings. The second kappa shape index (κ2) is 4.96. The van der Waals surface area contributed by atoms with Gasteiger partial charge in [0.25, 0.3) is 5.91 Å². The summed E-state index contributed by atoms with van der Waals surface area (Å²) in [6, 6.07) is 3.29. The van der Waals surface area contributed by atoms with Crippen LogP contribution in [0.25, 0.3) is 5.65 Å². The molecule has 0 N–H and O–H groups in total. The van der Waals surface area contributed by atoms with Crippen LogP contribution in [-0.4, -0.2) is 44.7 Å². The first kappa shape index (κ1) is 14.8. The molecular weight excluding hydrogens is 297 g/mol. The van der Waals surface area contributed by atoms with E-state index in [2.05, 4.69) is 10.1 Å². The summed E-state index contributed by atoms with van der Waals surface area (Å²) in [5.41, 5.74) is 2.09. The maximum absolute atomic E-state index is 12.8. The van der Waals surface area contributed by atoms with Crippen LogP contribution in [0.3, 0.4) is 0 Å². The second-order valence-electron chi connectivity index (χ2n) is 5.62. The molecule has 3 heterocycles. The minimum absolute atomic E-state index is 0.0550. The minimum Gasteiger partial charge on any atom is -0.337 e. The van der Waals surface area contributed by atoms with E-state index in [4.69, 9.17) is 0 Å². The number of carbonyl (C=O) groups is 1. The van der Waals surface area contributed by atoms with E-state index >= 15 is 0 Å². The van der Waals surface area contributed by atoms with Crippen molar-refractivity contribution in [1.29, 1.82) is 0 Å². The molecule has 0 aliphatic carbocycles. The molecule has 1 atom stereocenters. The van der Waals surface area contributed by atoms with Crippen LogP contribution in [0.15, 0.2) is 12.1 Å². The van der Waals surface area contributed by atoms with E-state index in [1.54, 1.807) is 26.0 Å². The van der Waals surface area contributed by atoms with Gasteiger partial charge < -0.3 is 4.90 Å². The van der Waals surface area contributed by atoms with Gasteiger partial charge in [0.15, 0.2) is 5.65 Å². The summed E-state index contributed by atoms with van der Waals surface area (Å²) in [6.45, 7) is 3.31. The second-order valence-corrected chi connectivity index (χ2v) is 5.62. The molecule has 1 amide bonds. The summed E-state index contributed by atoms with van der Waals surface area (Å²) >= 11 is 0. The molecule has 2 aromatic heterocycles. The quantitative estimate of drug-likeness (QED) is 0.812. The van der Waals surface area contributed by atoms with Gasteiger partial charge in [-0.2, -0.15) is 18.3 Å². The molecule has 0 radical (unpaired) electrons. The molecule has 5 nitrogen and oxygen atoms in total. The lowest BCUT2D eigenvalue weighted by atomic mass is 10.1. The Labute approximate surface area is 124 Å². The number of nitrogens with zero attached hydrogens (tertiary/aromatic N) is 4. The predicted molar refractivity (Wildman–Crippen MR) is 72.5 cm³/mol. The minimum atomic E-state index is -4.26. The normalized spacial score (nSPS) is 19.1. The molecule has 0 spiro atoms. The molecule has 3 rings (SSSR count). The van der Waals surface area contributed by atoms with Gasteiger partial charge in [-0.05, 0) is 26.3 Å². The van der Waals surface area contributed by atoms with E-state index in [1.165, 1.54) is 9.42 Å². The molecule has 8 heteroatoms. The fourth-order valence-corrected chi connectivity index (χ4v) is 2.74. The van der Waals surface area contributed by atoms with Crippen LogP contribution in [0, 0.1) is 19.8 Å². The van der Waals surface area contributed by atoms with Crippen molar-refractivity contribution in [2.75, 3.05) is 13.1 Å². The monoisotopic (exact) mass is 312 g/mol. The molecule has 1 aliphatic rings. The number of halogens is 3. The Morgan fingerprint density at radius 3 is 2.64 bits per heavy atom. The van der Waals surface area contributed by atoms with Gasteiger partial charge in [0.1, 0.15) is 5.69 Å². The van der Waals surface area contributed by atoms with E-state index in [1.807, 2.05) is 0 Å². The summed E-state index contributed by atoms with van der Waals surface area (Å²) < 4.78 is 39.7. The van der Waals surface area contributed by atoms with Gasteiger partial charge >= 0.3 is 6.18 Å². The van der Waals surface area contributed by atoms with E-state index in [9.17, 15) is 18.0 Å². The number of aromatic nitrogens is 3. The predicted octanol–water partition coefficient (Wildman–Crippen LogP) is 2.37. The lowest BCUT2D eigenvalue weighted by molar-refractivity contribution is -0.169. The van der Waals surface area contributed by atoms with Crippen molar-refractivity contribution in [2.24, 2.45) is 5.92 Å². The Kier molecular flexibility index (Phi) is 3.34. The van der Waals surface area contributed by atoms with Crippen LogP contribution in [0.1, 0.15) is 28.3 Å². The van der Waals surface area contributed by atoms with Gasteiger partial charge in [0.2, 0.25) is 0 Å². The van der Waals surface area contributed by atoms with Crippen LogP contribution in [0.5, 0.6) is 0 Å². The summed E-state index contributed by atoms with van der Waals surface area (Å²) in [6.07, 6.45) is -4.32. The van der Waals surface area contributed by atoms with Crippen LogP contribution in [0.4, 0.5) is 13.2 Å². The highest BCUT2D eigenvalue weighted by molar-refractivity contribution is 5.93. The molecule has 0 aromatic carbocycles. The molecule has 1 aliphatic heterocycles. The highest BCUT2D eigenvalue weighted by Crippen LogP contribution is 2.33. The van der Waals surface area contributed by atoms with Crippen LogP contribution < -0.4 is 0 Å². The highest BCUT2D eigenvalue weighted by atomic mass is 19.4. The number of likely N-dealkylation sites (tertiary alicyclic amines) is 1. The first-order valence-corrected chi connectivity index (χ1v) is 6.96. The van der Waals surface area contributed by atoms with Crippen molar-refractivity contribution < 1.29 is 18.0 Å². The zero-order valence-corrected chi connectivity index (χ0v) is 12.2. The van der Waals surface area contributed by atoms with Gasteiger partial charge in [0, 0.05) is 24.8 Å². The fraction of sp³-hybridized carbons (Fsp3) is 0.500. The fourth-order valence-electron chi connectivity index (χ4n) is 2.74. The number of rotatable bonds is 1. The van der Waals surface area contributed by atoms with Crippen LogP contribution in [-0.2, 0) is 0 Å². The van der Waals surface area contributed by atoms with E-state index in [0.29, 0.717) is 17.0 Å². The molecule has 0 bridgehead atoms. The van der Waals surface area contributed by atoms with Crippen molar-refractivity contribution in [2.45, 2.75) is 26.4 Å². The van der Waals surface area contributed by atoms with Gasteiger partial charge in [-0.3, -0.25) is 4.79 Å².